The van der Waals surface area contributed by atoms with Gasteiger partial charge in [0.1, 0.15) is 0 Å². The van der Waals surface area contributed by atoms with Crippen molar-refractivity contribution in [2.75, 3.05) is 0 Å². The minimum atomic E-state index is -4.75. The van der Waals surface area contributed by atoms with Crippen LogP contribution in [0, 0.1) is 0 Å². The fraction of sp³-hybridized carbons (Fsp3) is 0.0392. The number of benzene rings is 7. The van der Waals surface area contributed by atoms with Gasteiger partial charge in [0, 0.05) is 44.2 Å². The highest BCUT2D eigenvalue weighted by atomic mass is 19.4. The maximum Gasteiger partial charge on any atom is 0.416 e. The van der Waals surface area contributed by atoms with Crippen molar-refractivity contribution in [3.05, 3.63) is 193 Å². The summed E-state index contributed by atoms with van der Waals surface area (Å²) in [5.74, 6) is 1.17. The van der Waals surface area contributed by atoms with E-state index in [0.717, 1.165) is 35.4 Å². The molecule has 0 unspecified atom stereocenters. The van der Waals surface area contributed by atoms with E-state index in [-0.39, 0.29) is 22.5 Å². The number of hydrogen-bond acceptors (Lipinski definition) is 5. The van der Waals surface area contributed by atoms with Crippen molar-refractivity contribution in [1.29, 1.82) is 0 Å². The maximum absolute atomic E-state index is 14.4. The summed E-state index contributed by atoms with van der Waals surface area (Å²) in [6, 6.07) is 50.8. The first-order valence-corrected chi connectivity index (χ1v) is 19.7. The first-order chi connectivity index (χ1) is 30.5. The molecule has 0 aliphatic heterocycles. The Bertz CT molecular complexity index is 3110. The normalized spacial score (nSPS) is 12.0. The Morgan fingerprint density at radius 3 is 1.17 bits per heavy atom. The monoisotopic (exact) mass is 840 g/mol. The lowest BCUT2D eigenvalue weighted by Gasteiger charge is -2.17. The van der Waals surface area contributed by atoms with Gasteiger partial charge in [-0.15, -0.1) is 0 Å². The van der Waals surface area contributed by atoms with Crippen LogP contribution in [0.25, 0.3) is 95.6 Å². The zero-order chi connectivity index (χ0) is 43.3. The van der Waals surface area contributed by atoms with E-state index in [1.54, 1.807) is 18.2 Å². The lowest BCUT2D eigenvalue weighted by atomic mass is 10.0. The highest BCUT2D eigenvalue weighted by molar-refractivity contribution is 6.10. The molecule has 0 radical (unpaired) electrons. The van der Waals surface area contributed by atoms with Gasteiger partial charge in [0.2, 0.25) is 0 Å². The molecular weight excluding hydrogens is 811 g/mol. The van der Waals surface area contributed by atoms with Gasteiger partial charge < -0.3 is 4.57 Å². The summed E-state index contributed by atoms with van der Waals surface area (Å²) in [6.07, 6.45) is -9.49. The summed E-state index contributed by atoms with van der Waals surface area (Å²) >= 11 is 0. The summed E-state index contributed by atoms with van der Waals surface area (Å²) in [4.78, 5) is 24.7. The third-order valence-electron chi connectivity index (χ3n) is 10.7. The molecule has 3 aromatic heterocycles. The molecule has 0 aliphatic carbocycles. The molecule has 3 heterocycles. The fourth-order valence-electron chi connectivity index (χ4n) is 7.70. The SMILES string of the molecule is FC(F)(F)c1ccc2c3ccc(C(F)(F)F)cc3n(-c3ccc(-c4cc(-c5ccccc5)nc(-c5ccccc5)n4)cc3-c3nc(-c4ccccc4)nc(-c4ccccc4)n3)c2c1. The Morgan fingerprint density at radius 2 is 0.730 bits per heavy atom. The fourth-order valence-corrected chi connectivity index (χ4v) is 7.70. The van der Waals surface area contributed by atoms with Crippen LogP contribution in [0.5, 0.6) is 0 Å². The zero-order valence-corrected chi connectivity index (χ0v) is 32.8. The van der Waals surface area contributed by atoms with E-state index < -0.39 is 23.5 Å². The number of fused-ring (bicyclic) bond motifs is 3. The molecule has 0 saturated carbocycles. The highest BCUT2D eigenvalue weighted by Crippen LogP contribution is 2.42. The van der Waals surface area contributed by atoms with Crippen LogP contribution in [-0.4, -0.2) is 29.5 Å². The molecule has 10 aromatic rings. The second-order valence-corrected chi connectivity index (χ2v) is 14.8. The molecule has 0 fully saturated rings. The van der Waals surface area contributed by atoms with Crippen LogP contribution in [0.3, 0.4) is 0 Å². The minimum Gasteiger partial charge on any atom is -0.308 e. The van der Waals surface area contributed by atoms with Gasteiger partial charge in [0.15, 0.2) is 23.3 Å². The molecule has 0 amide bonds. The molecule has 12 heteroatoms. The summed E-state index contributed by atoms with van der Waals surface area (Å²) in [7, 11) is 0. The van der Waals surface area contributed by atoms with E-state index in [1.165, 1.54) is 16.7 Å². The third-order valence-corrected chi connectivity index (χ3v) is 10.7. The smallest absolute Gasteiger partial charge is 0.308 e. The number of halogens is 6. The van der Waals surface area contributed by atoms with Crippen LogP contribution >= 0.6 is 0 Å². The van der Waals surface area contributed by atoms with Crippen molar-refractivity contribution < 1.29 is 26.3 Å². The van der Waals surface area contributed by atoms with Crippen molar-refractivity contribution in [3.63, 3.8) is 0 Å². The van der Waals surface area contributed by atoms with Crippen molar-refractivity contribution in [1.82, 2.24) is 29.5 Å². The van der Waals surface area contributed by atoms with Gasteiger partial charge >= 0.3 is 12.4 Å². The molecule has 0 spiro atoms. The van der Waals surface area contributed by atoms with Crippen LogP contribution < -0.4 is 0 Å². The number of rotatable bonds is 7. The molecule has 0 atom stereocenters. The minimum absolute atomic E-state index is 0.0357. The standard InChI is InChI=1S/C51H30F6N6/c52-50(53,54)36-22-24-38-39-25-23-37(51(55,56)57)29-45(39)63(44(38)28-36)43-26-21-35(42-30-41(31-13-5-1-6-14-31)58-46(59-42)32-15-7-2-8-16-32)27-40(43)49-61-47(33-17-9-3-10-18-33)60-48(62-49)34-19-11-4-12-20-34/h1-30H. The van der Waals surface area contributed by atoms with Crippen LogP contribution in [0.15, 0.2) is 182 Å². The highest BCUT2D eigenvalue weighted by Gasteiger charge is 2.34. The number of hydrogen-bond donors (Lipinski definition) is 0. The quantitative estimate of drug-likeness (QED) is 0.150. The predicted molar refractivity (Wildman–Crippen MR) is 232 cm³/mol. The molecule has 0 saturated heterocycles. The average molecular weight is 841 g/mol. The van der Waals surface area contributed by atoms with Crippen molar-refractivity contribution in [3.8, 4) is 73.8 Å². The van der Waals surface area contributed by atoms with Gasteiger partial charge in [0.05, 0.1) is 39.2 Å². The summed E-state index contributed by atoms with van der Waals surface area (Å²) in [5.41, 5.74) is 3.26. The van der Waals surface area contributed by atoms with E-state index in [9.17, 15) is 26.3 Å². The summed E-state index contributed by atoms with van der Waals surface area (Å²) in [5, 5.41) is 0.645. The van der Waals surface area contributed by atoms with Gasteiger partial charge in [0.25, 0.3) is 0 Å². The van der Waals surface area contributed by atoms with E-state index in [4.69, 9.17) is 24.9 Å². The zero-order valence-electron chi connectivity index (χ0n) is 32.8. The largest absolute Gasteiger partial charge is 0.416 e. The molecule has 7 aromatic carbocycles. The Morgan fingerprint density at radius 1 is 0.333 bits per heavy atom. The summed E-state index contributed by atoms with van der Waals surface area (Å²) in [6.45, 7) is 0. The molecule has 10 rings (SSSR count). The van der Waals surface area contributed by atoms with Gasteiger partial charge in [-0.1, -0.05) is 140 Å². The maximum atomic E-state index is 14.4. The topological polar surface area (TPSA) is 69.4 Å². The van der Waals surface area contributed by atoms with E-state index in [2.05, 4.69) is 0 Å². The number of alkyl halides is 6. The Labute approximate surface area is 355 Å². The first-order valence-electron chi connectivity index (χ1n) is 19.7. The second kappa shape index (κ2) is 15.5. The van der Waals surface area contributed by atoms with Gasteiger partial charge in [-0.05, 0) is 42.5 Å². The predicted octanol–water partition coefficient (Wildman–Crippen LogP) is 13.8. The van der Waals surface area contributed by atoms with E-state index in [1.807, 2.05) is 127 Å². The molecule has 306 valence electrons. The summed E-state index contributed by atoms with van der Waals surface area (Å²) < 4.78 is 88.0. The van der Waals surface area contributed by atoms with Gasteiger partial charge in [-0.25, -0.2) is 24.9 Å². The van der Waals surface area contributed by atoms with Crippen molar-refractivity contribution in [2.24, 2.45) is 0 Å². The van der Waals surface area contributed by atoms with E-state index in [0.29, 0.717) is 61.9 Å². The van der Waals surface area contributed by atoms with Gasteiger partial charge in [-0.3, -0.25) is 0 Å². The van der Waals surface area contributed by atoms with E-state index >= 15 is 0 Å². The first kappa shape index (κ1) is 39.2. The molecule has 63 heavy (non-hydrogen) atoms. The lowest BCUT2D eigenvalue weighted by Crippen LogP contribution is -2.07. The number of aromatic nitrogens is 6. The molecule has 0 aliphatic rings. The van der Waals surface area contributed by atoms with Crippen LogP contribution in [0.1, 0.15) is 11.1 Å². The van der Waals surface area contributed by atoms with Crippen LogP contribution in [-0.2, 0) is 12.4 Å². The molecule has 0 N–H and O–H groups in total. The Hall–Kier alpha value is -7.99. The average Bonchev–Trinajstić information content (AvgIpc) is 3.64. The van der Waals surface area contributed by atoms with Crippen molar-refractivity contribution in [2.45, 2.75) is 12.4 Å². The van der Waals surface area contributed by atoms with Crippen LogP contribution in [0.2, 0.25) is 0 Å². The van der Waals surface area contributed by atoms with Crippen molar-refractivity contribution >= 4 is 21.8 Å². The third kappa shape index (κ3) is 7.56. The lowest BCUT2D eigenvalue weighted by molar-refractivity contribution is -0.138. The second-order valence-electron chi connectivity index (χ2n) is 14.8. The molecule has 0 bridgehead atoms. The Kier molecular flexibility index (Phi) is 9.62. The number of nitrogens with zero attached hydrogens (tertiary/aromatic N) is 6. The van der Waals surface area contributed by atoms with Gasteiger partial charge in [-0.2, -0.15) is 26.3 Å². The molecule has 6 nitrogen and oxygen atoms in total. The Balaban J connectivity index is 1.31. The van der Waals surface area contributed by atoms with Crippen LogP contribution in [0.4, 0.5) is 26.3 Å². The molecular formula is C51H30F6N6.